The van der Waals surface area contributed by atoms with Gasteiger partial charge in [0.15, 0.2) is 8.32 Å². The van der Waals surface area contributed by atoms with Crippen LogP contribution in [-0.4, -0.2) is 24.5 Å². The van der Waals surface area contributed by atoms with E-state index >= 15 is 0 Å². The molecule has 7 heteroatoms. The minimum atomic E-state index is -1.82. The molecule has 0 aliphatic heterocycles. The number of anilines is 1. The Hall–Kier alpha value is -0.624. The van der Waals surface area contributed by atoms with E-state index in [2.05, 4.69) is 65.0 Å². The predicted molar refractivity (Wildman–Crippen MR) is 138 cm³/mol. The van der Waals surface area contributed by atoms with Crippen molar-refractivity contribution in [3.63, 3.8) is 0 Å². The Labute approximate surface area is 219 Å². The van der Waals surface area contributed by atoms with Crippen LogP contribution in [0.2, 0.25) is 18.1 Å². The molecule has 0 amide bonds. The number of aromatic nitrogens is 2. The third-order valence-corrected chi connectivity index (χ3v) is 12.5. The quantitative estimate of drug-likeness (QED) is 0.499. The number of nitrogens with zero attached hydrogens (tertiary/aromatic N) is 2. The largest absolute Gasteiger partial charge is 2.00 e. The molecule has 1 aromatic heterocycles. The van der Waals surface area contributed by atoms with E-state index < -0.39 is 8.32 Å². The number of rotatable bonds is 7. The number of nitrogens with two attached hydrogens (primary N) is 1. The van der Waals surface area contributed by atoms with E-state index in [9.17, 15) is 4.79 Å². The first-order valence-electron chi connectivity index (χ1n) is 12.0. The molecule has 0 saturated heterocycles. The van der Waals surface area contributed by atoms with Crippen LogP contribution in [-0.2, 0) is 21.5 Å². The van der Waals surface area contributed by atoms with Crippen molar-refractivity contribution in [3.8, 4) is 0 Å². The Morgan fingerprint density at radius 2 is 1.71 bits per heavy atom. The summed E-state index contributed by atoms with van der Waals surface area (Å²) in [6.07, 6.45) is 20.1. The van der Waals surface area contributed by atoms with Crippen LogP contribution < -0.4 is 11.4 Å². The van der Waals surface area contributed by atoms with Gasteiger partial charge < -0.3 is 10.2 Å². The van der Waals surface area contributed by atoms with Gasteiger partial charge in [-0.1, -0.05) is 27.7 Å². The monoisotopic (exact) mass is 521 g/mol. The van der Waals surface area contributed by atoms with Crippen LogP contribution in [0.3, 0.4) is 0 Å². The molecule has 0 bridgehead atoms. The van der Waals surface area contributed by atoms with E-state index in [1.54, 1.807) is 16.8 Å². The van der Waals surface area contributed by atoms with Crippen molar-refractivity contribution in [2.24, 2.45) is 11.8 Å². The molecular weight excluding hydrogens is 482 g/mol. The number of hydrogen-bond acceptors (Lipinski definition) is 4. The molecule has 2 atom stereocenters. The first-order chi connectivity index (χ1) is 15.5. The van der Waals surface area contributed by atoms with Crippen LogP contribution in [0.4, 0.5) is 5.82 Å². The van der Waals surface area contributed by atoms with Crippen LogP contribution in [0.5, 0.6) is 0 Å². The molecule has 0 aromatic carbocycles. The van der Waals surface area contributed by atoms with Crippen molar-refractivity contribution >= 4 is 14.1 Å². The van der Waals surface area contributed by atoms with E-state index in [-0.39, 0.29) is 39.7 Å². The maximum absolute atomic E-state index is 12.3. The van der Waals surface area contributed by atoms with E-state index in [0.29, 0.717) is 11.8 Å². The standard InChI is InChI=1S/C22H34N3O2Si.C5H5.Fe/c1-15(2)22(3,4)28(5,6)27-13-11-16-14-19(18-9-7-8-17(16)18)25-12-10-20(23)24-21(25)26;1-2-4-5-3-1;/h7-10,12,15-16,19H,11,13-14H2,1-6H3,(H2,23,24,26);1-5H;/q;;+2/t16-,19-;;/m1../s1. The van der Waals surface area contributed by atoms with Crippen LogP contribution in [0.1, 0.15) is 46.6 Å². The zero-order chi connectivity index (χ0) is 24.2. The number of nitrogen functional groups attached to an aromatic ring is 1. The topological polar surface area (TPSA) is 70.1 Å². The zero-order valence-electron chi connectivity index (χ0n) is 21.3. The van der Waals surface area contributed by atoms with Crippen molar-refractivity contribution in [1.29, 1.82) is 0 Å². The van der Waals surface area contributed by atoms with E-state index in [0.717, 1.165) is 19.4 Å². The van der Waals surface area contributed by atoms with E-state index in [1.807, 2.05) is 32.1 Å². The molecule has 2 N–H and O–H groups in total. The normalized spacial score (nSPS) is 23.5. The zero-order valence-corrected chi connectivity index (χ0v) is 23.4. The fourth-order valence-corrected chi connectivity index (χ4v) is 6.90. The first kappa shape index (κ1) is 29.6. The third kappa shape index (κ3) is 6.77. The summed E-state index contributed by atoms with van der Waals surface area (Å²) in [7, 11) is -1.82. The summed E-state index contributed by atoms with van der Waals surface area (Å²) in [5, 5.41) is 0.222. The van der Waals surface area contributed by atoms with Gasteiger partial charge in [-0.3, -0.25) is 4.57 Å². The summed E-state index contributed by atoms with van der Waals surface area (Å²) in [5.41, 5.74) is 5.38. The van der Waals surface area contributed by atoms with Crippen LogP contribution >= 0.6 is 0 Å². The SMILES string of the molecule is CC(C)C(C)(C)[Si](C)(C)OCC[C@@H]1C[C@@H](n2ccc(N)nc2=O)[C]2[CH][CH][CH][C]21.[CH]1[CH][CH][CH][CH]1.[Fe+2]. The van der Waals surface area contributed by atoms with Gasteiger partial charge in [0, 0.05) is 24.8 Å². The summed E-state index contributed by atoms with van der Waals surface area (Å²) in [6.45, 7) is 14.7. The minimum absolute atomic E-state index is 0. The molecule has 3 aliphatic carbocycles. The van der Waals surface area contributed by atoms with Gasteiger partial charge in [0.05, 0.1) is 0 Å². The van der Waals surface area contributed by atoms with Gasteiger partial charge in [0.1, 0.15) is 5.82 Å². The molecule has 10 radical (unpaired) electrons. The average Bonchev–Trinajstić information content (AvgIpc) is 3.49. The van der Waals surface area contributed by atoms with E-state index in [1.165, 1.54) is 11.8 Å². The number of fused-ring (bicyclic) bond motifs is 1. The maximum Gasteiger partial charge on any atom is 2.00 e. The predicted octanol–water partition coefficient (Wildman–Crippen LogP) is 5.23. The Morgan fingerprint density at radius 1 is 1.12 bits per heavy atom. The van der Waals surface area contributed by atoms with E-state index in [4.69, 9.17) is 10.2 Å². The third-order valence-electron chi connectivity index (χ3n) is 7.86. The van der Waals surface area contributed by atoms with Crippen molar-refractivity contribution in [2.75, 3.05) is 12.3 Å². The molecule has 184 valence electrons. The summed E-state index contributed by atoms with van der Waals surface area (Å²) < 4.78 is 8.25. The molecule has 0 spiro atoms. The maximum atomic E-state index is 12.3. The van der Waals surface area contributed by atoms with Crippen molar-refractivity contribution in [1.82, 2.24) is 9.55 Å². The van der Waals surface area contributed by atoms with Crippen LogP contribution in [0.25, 0.3) is 0 Å². The fourth-order valence-electron chi connectivity index (χ4n) is 4.50. The molecule has 3 aliphatic rings. The molecule has 1 heterocycles. The number of hydrogen-bond donors (Lipinski definition) is 1. The first-order valence-corrected chi connectivity index (χ1v) is 14.9. The molecule has 5 nitrogen and oxygen atoms in total. The second-order valence-corrected chi connectivity index (χ2v) is 15.0. The molecule has 1 aromatic rings. The van der Waals surface area contributed by atoms with Gasteiger partial charge in [-0.15, -0.1) is 0 Å². The molecule has 0 unspecified atom stereocenters. The van der Waals surface area contributed by atoms with Gasteiger partial charge >= 0.3 is 22.8 Å². The molecular formula is C27H39FeN3O2Si+2. The summed E-state index contributed by atoms with van der Waals surface area (Å²) >= 11 is 0. The van der Waals surface area contributed by atoms with Gasteiger partial charge in [-0.25, -0.2) is 4.79 Å². The minimum Gasteiger partial charge on any atom is -0.417 e. The van der Waals surface area contributed by atoms with Crippen molar-refractivity contribution in [2.45, 2.75) is 64.7 Å². The Bertz CT molecular complexity index is 815. The van der Waals surface area contributed by atoms with Gasteiger partial charge in [-0.2, -0.15) is 4.98 Å². The van der Waals surface area contributed by atoms with Crippen molar-refractivity contribution in [3.05, 3.63) is 85.9 Å². The summed E-state index contributed by atoms with van der Waals surface area (Å²) in [4.78, 5) is 16.2. The Morgan fingerprint density at radius 3 is 2.26 bits per heavy atom. The smallest absolute Gasteiger partial charge is 0.417 e. The van der Waals surface area contributed by atoms with Gasteiger partial charge in [-0.05, 0) is 106 Å². The Balaban J connectivity index is 0.000000603. The molecule has 3 fully saturated rings. The molecule has 34 heavy (non-hydrogen) atoms. The van der Waals surface area contributed by atoms with Crippen LogP contribution in [0.15, 0.2) is 17.1 Å². The fraction of sp³-hybridized carbons (Fsp3) is 0.481. The summed E-state index contributed by atoms with van der Waals surface area (Å²) in [6, 6.07) is 1.73. The van der Waals surface area contributed by atoms with Gasteiger partial charge in [0.2, 0.25) is 0 Å². The molecule has 4 rings (SSSR count). The Kier molecular flexibility index (Phi) is 10.9. The average molecular weight is 522 g/mol. The van der Waals surface area contributed by atoms with Gasteiger partial charge in [0.25, 0.3) is 0 Å². The molecule has 3 saturated carbocycles. The summed E-state index contributed by atoms with van der Waals surface area (Å²) in [5.74, 6) is 3.85. The van der Waals surface area contributed by atoms with Crippen LogP contribution in [0, 0.1) is 75.0 Å². The second kappa shape index (κ2) is 12.6. The second-order valence-electron chi connectivity index (χ2n) is 10.4. The van der Waals surface area contributed by atoms with Crippen molar-refractivity contribution < 1.29 is 21.5 Å².